The molecule has 0 saturated heterocycles. The Morgan fingerprint density at radius 2 is 1.89 bits per heavy atom. The number of hydrogen-bond donors (Lipinski definition) is 2. The third-order valence-electron chi connectivity index (χ3n) is 4.29. The van der Waals surface area contributed by atoms with E-state index in [1.165, 1.54) is 5.56 Å². The Bertz CT molecular complexity index is 929. The van der Waals surface area contributed by atoms with Crippen LogP contribution in [0.5, 0.6) is 5.75 Å². The van der Waals surface area contributed by atoms with E-state index in [-0.39, 0.29) is 5.91 Å². The van der Waals surface area contributed by atoms with Gasteiger partial charge in [-0.1, -0.05) is 41.9 Å². The second-order valence-corrected chi connectivity index (χ2v) is 6.70. The number of pyridine rings is 1. The number of amides is 1. The molecule has 0 atom stereocenters. The highest BCUT2D eigenvalue weighted by atomic mass is 35.5. The van der Waals surface area contributed by atoms with Gasteiger partial charge in [-0.15, -0.1) is 0 Å². The second-order valence-electron chi connectivity index (χ2n) is 6.26. The molecule has 0 radical (unpaired) electrons. The lowest BCUT2D eigenvalue weighted by Gasteiger charge is -2.11. The Balaban J connectivity index is 1.54. The first kappa shape index (κ1) is 19.7. The molecule has 144 valence electrons. The van der Waals surface area contributed by atoms with Crippen molar-refractivity contribution in [2.24, 2.45) is 0 Å². The highest BCUT2D eigenvalue weighted by molar-refractivity contribution is 6.30. The molecule has 3 aromatic rings. The van der Waals surface area contributed by atoms with E-state index in [0.717, 1.165) is 35.0 Å². The number of carbonyl (C=O) groups excluding carboxylic acids is 1. The minimum atomic E-state index is -0.181. The van der Waals surface area contributed by atoms with Crippen LogP contribution in [-0.4, -0.2) is 24.5 Å². The molecule has 1 aromatic heterocycles. The van der Waals surface area contributed by atoms with Crippen molar-refractivity contribution in [1.82, 2.24) is 10.3 Å². The third-order valence-corrected chi connectivity index (χ3v) is 4.54. The van der Waals surface area contributed by atoms with E-state index in [1.54, 1.807) is 25.6 Å². The first-order valence-corrected chi connectivity index (χ1v) is 9.37. The maximum absolute atomic E-state index is 12.5. The van der Waals surface area contributed by atoms with E-state index in [4.69, 9.17) is 16.3 Å². The van der Waals surface area contributed by atoms with Crippen LogP contribution in [-0.2, 0) is 13.0 Å². The largest absolute Gasteiger partial charge is 0.496 e. The molecule has 1 amide bonds. The summed E-state index contributed by atoms with van der Waals surface area (Å²) in [6.45, 7) is 1.12. The molecule has 0 aliphatic carbocycles. The molecule has 3 rings (SSSR count). The highest BCUT2D eigenvalue weighted by Crippen LogP contribution is 2.17. The Kier molecular flexibility index (Phi) is 6.87. The van der Waals surface area contributed by atoms with E-state index in [0.29, 0.717) is 12.1 Å². The van der Waals surface area contributed by atoms with Crippen LogP contribution in [0.1, 0.15) is 21.5 Å². The van der Waals surface area contributed by atoms with Crippen molar-refractivity contribution in [1.29, 1.82) is 0 Å². The predicted octanol–water partition coefficient (Wildman–Crippen LogP) is 4.33. The molecule has 28 heavy (non-hydrogen) atoms. The number of para-hydroxylation sites is 1. The zero-order valence-corrected chi connectivity index (χ0v) is 16.4. The van der Waals surface area contributed by atoms with E-state index in [1.807, 2.05) is 48.5 Å². The molecule has 0 spiro atoms. The number of rotatable bonds is 8. The van der Waals surface area contributed by atoms with Gasteiger partial charge in [0.25, 0.3) is 5.91 Å². The van der Waals surface area contributed by atoms with Crippen molar-refractivity contribution < 1.29 is 9.53 Å². The van der Waals surface area contributed by atoms with Crippen LogP contribution in [0.15, 0.2) is 67.0 Å². The number of nitrogens with one attached hydrogen (secondary N) is 2. The normalized spacial score (nSPS) is 10.4. The number of ether oxygens (including phenoxy) is 1. The lowest BCUT2D eigenvalue weighted by atomic mass is 10.1. The SMILES string of the molecule is COc1ccccc1CNC(=O)c1cncc(NCCc2ccc(Cl)cc2)c1. The van der Waals surface area contributed by atoms with Crippen molar-refractivity contribution in [2.75, 3.05) is 19.0 Å². The molecular weight excluding hydrogens is 374 g/mol. The van der Waals surface area contributed by atoms with Gasteiger partial charge in [-0.3, -0.25) is 9.78 Å². The first-order chi connectivity index (χ1) is 13.7. The van der Waals surface area contributed by atoms with Crippen LogP contribution in [0.25, 0.3) is 0 Å². The van der Waals surface area contributed by atoms with E-state index >= 15 is 0 Å². The third kappa shape index (κ3) is 5.47. The second kappa shape index (κ2) is 9.76. The number of halogens is 1. The zero-order valence-electron chi connectivity index (χ0n) is 15.6. The summed E-state index contributed by atoms with van der Waals surface area (Å²) < 4.78 is 5.31. The van der Waals surface area contributed by atoms with Gasteiger partial charge in [-0.25, -0.2) is 0 Å². The standard InChI is InChI=1S/C22H22ClN3O2/c1-28-21-5-3-2-4-17(21)14-26-22(27)18-12-20(15-24-13-18)25-11-10-16-6-8-19(23)9-7-16/h2-9,12-13,15,25H,10-11,14H2,1H3,(H,26,27). The zero-order chi connectivity index (χ0) is 19.8. The summed E-state index contributed by atoms with van der Waals surface area (Å²) in [5, 5.41) is 6.93. The fraction of sp³-hybridized carbons (Fsp3) is 0.182. The Hall–Kier alpha value is -3.05. The fourth-order valence-corrected chi connectivity index (χ4v) is 2.92. The smallest absolute Gasteiger partial charge is 0.253 e. The van der Waals surface area contributed by atoms with E-state index in [9.17, 15) is 4.79 Å². The van der Waals surface area contributed by atoms with Gasteiger partial charge in [0.15, 0.2) is 0 Å². The topological polar surface area (TPSA) is 63.2 Å². The maximum Gasteiger partial charge on any atom is 0.253 e. The quantitative estimate of drug-likeness (QED) is 0.596. The minimum absolute atomic E-state index is 0.181. The molecule has 0 aliphatic heterocycles. The maximum atomic E-state index is 12.5. The molecule has 0 fully saturated rings. The van der Waals surface area contributed by atoms with Gasteiger partial charge >= 0.3 is 0 Å². The lowest BCUT2D eigenvalue weighted by molar-refractivity contribution is 0.0950. The van der Waals surface area contributed by atoms with Crippen LogP contribution in [0.2, 0.25) is 5.02 Å². The van der Waals surface area contributed by atoms with Crippen molar-refractivity contribution in [3.63, 3.8) is 0 Å². The predicted molar refractivity (Wildman–Crippen MR) is 112 cm³/mol. The van der Waals surface area contributed by atoms with Gasteiger partial charge < -0.3 is 15.4 Å². The summed E-state index contributed by atoms with van der Waals surface area (Å²) in [6, 6.07) is 17.2. The van der Waals surface area contributed by atoms with Gasteiger partial charge in [-0.05, 0) is 36.2 Å². The summed E-state index contributed by atoms with van der Waals surface area (Å²) in [5.41, 5.74) is 3.42. The molecule has 0 unspecified atom stereocenters. The number of nitrogens with zero attached hydrogens (tertiary/aromatic N) is 1. The van der Waals surface area contributed by atoms with Crippen molar-refractivity contribution in [3.8, 4) is 5.75 Å². The van der Waals surface area contributed by atoms with Gasteiger partial charge in [0.2, 0.25) is 0 Å². The number of aromatic nitrogens is 1. The summed E-state index contributed by atoms with van der Waals surface area (Å²) in [6.07, 6.45) is 4.11. The van der Waals surface area contributed by atoms with Crippen molar-refractivity contribution >= 4 is 23.2 Å². The number of anilines is 1. The van der Waals surface area contributed by atoms with Gasteiger partial charge in [0, 0.05) is 36.1 Å². The fourth-order valence-electron chi connectivity index (χ4n) is 2.79. The number of methoxy groups -OCH3 is 1. The summed E-state index contributed by atoms with van der Waals surface area (Å²) in [7, 11) is 1.61. The van der Waals surface area contributed by atoms with E-state index < -0.39 is 0 Å². The Morgan fingerprint density at radius 3 is 2.68 bits per heavy atom. The molecular formula is C22H22ClN3O2. The molecule has 0 bridgehead atoms. The van der Waals surface area contributed by atoms with Crippen LogP contribution in [0.3, 0.4) is 0 Å². The summed E-state index contributed by atoms with van der Waals surface area (Å²) in [5.74, 6) is 0.568. The van der Waals surface area contributed by atoms with Crippen LogP contribution in [0, 0.1) is 0 Å². The van der Waals surface area contributed by atoms with Crippen LogP contribution >= 0.6 is 11.6 Å². The average Bonchev–Trinajstić information content (AvgIpc) is 2.74. The summed E-state index contributed by atoms with van der Waals surface area (Å²) >= 11 is 5.90. The minimum Gasteiger partial charge on any atom is -0.496 e. The van der Waals surface area contributed by atoms with Crippen LogP contribution in [0.4, 0.5) is 5.69 Å². The molecule has 2 N–H and O–H groups in total. The Morgan fingerprint density at radius 1 is 1.11 bits per heavy atom. The van der Waals surface area contributed by atoms with Gasteiger partial charge in [0.05, 0.1) is 18.4 Å². The highest BCUT2D eigenvalue weighted by Gasteiger charge is 2.09. The number of carbonyl (C=O) groups is 1. The van der Waals surface area contributed by atoms with Gasteiger partial charge in [0.1, 0.15) is 5.75 Å². The Labute approximate surface area is 169 Å². The molecule has 0 saturated carbocycles. The van der Waals surface area contributed by atoms with E-state index in [2.05, 4.69) is 15.6 Å². The van der Waals surface area contributed by atoms with Crippen molar-refractivity contribution in [2.45, 2.75) is 13.0 Å². The number of benzene rings is 2. The molecule has 5 nitrogen and oxygen atoms in total. The first-order valence-electron chi connectivity index (χ1n) is 8.99. The molecule has 2 aromatic carbocycles. The molecule has 1 heterocycles. The van der Waals surface area contributed by atoms with Crippen molar-refractivity contribution in [3.05, 3.63) is 88.7 Å². The summed E-state index contributed by atoms with van der Waals surface area (Å²) in [4.78, 5) is 16.6. The van der Waals surface area contributed by atoms with Crippen LogP contribution < -0.4 is 15.4 Å². The molecule has 0 aliphatic rings. The van der Waals surface area contributed by atoms with Gasteiger partial charge in [-0.2, -0.15) is 0 Å². The lowest BCUT2D eigenvalue weighted by Crippen LogP contribution is -2.23. The number of hydrogen-bond acceptors (Lipinski definition) is 4. The monoisotopic (exact) mass is 395 g/mol. The average molecular weight is 396 g/mol. The molecule has 6 heteroatoms.